The number of halogens is 1. The molecule has 1 amide bonds. The number of hydrogen-bond acceptors (Lipinski definition) is 6. The van der Waals surface area contributed by atoms with Crippen molar-refractivity contribution < 1.29 is 27.6 Å². The average molecular weight is 598 g/mol. The summed E-state index contributed by atoms with van der Waals surface area (Å²) in [6.07, 6.45) is 3.23. The molecule has 7 nitrogen and oxygen atoms in total. The number of fused-ring (bicyclic) bond motifs is 1. The van der Waals surface area contributed by atoms with Crippen LogP contribution in [0, 0.1) is 17.2 Å². The molecule has 1 unspecified atom stereocenters. The Morgan fingerprint density at radius 2 is 1.74 bits per heavy atom. The number of rotatable bonds is 9. The predicted octanol–water partition coefficient (Wildman–Crippen LogP) is 8.48. The molecule has 0 saturated carbocycles. The summed E-state index contributed by atoms with van der Waals surface area (Å²) < 4.78 is 37.7. The first-order valence-electron chi connectivity index (χ1n) is 14.9. The fourth-order valence-corrected chi connectivity index (χ4v) is 6.32. The Balaban J connectivity index is 1.53. The number of benzene rings is 2. The van der Waals surface area contributed by atoms with Crippen LogP contribution in [-0.4, -0.2) is 43.9 Å². The highest BCUT2D eigenvalue weighted by Crippen LogP contribution is 2.43. The largest absolute Gasteiger partial charge is 0.489 e. The Labute approximate surface area is 251 Å². The van der Waals surface area contributed by atoms with Gasteiger partial charge in [-0.1, -0.05) is 32.0 Å². The number of carbonyl (C=O) groups is 1. The normalized spacial score (nSPS) is 15.8. The standard InChI is InChI=1S/C33H46FN2O5Si/c1-32(2,3)30(41-42(7)8)28-23(21-38-25-13-11-24(34)12-14-25)10-15-26-27(35-40-29(26)28)16-9-22-17-19-36(20-18-22)31(37)39-33(4,5)6/h10-15,22,30H,9,16-21H2,1-8H3. The lowest BCUT2D eigenvalue weighted by Crippen LogP contribution is -2.41. The van der Waals surface area contributed by atoms with E-state index in [0.717, 1.165) is 53.5 Å². The van der Waals surface area contributed by atoms with Gasteiger partial charge in [-0.2, -0.15) is 0 Å². The zero-order valence-electron chi connectivity index (χ0n) is 26.4. The van der Waals surface area contributed by atoms with Crippen LogP contribution in [0.25, 0.3) is 11.0 Å². The van der Waals surface area contributed by atoms with Crippen molar-refractivity contribution in [1.29, 1.82) is 0 Å². The molecule has 2 heterocycles. The van der Waals surface area contributed by atoms with Gasteiger partial charge in [-0.15, -0.1) is 0 Å². The first kappa shape index (κ1) is 32.0. The summed E-state index contributed by atoms with van der Waals surface area (Å²) in [6.45, 7) is 18.2. The van der Waals surface area contributed by atoms with Gasteiger partial charge in [0.05, 0.1) is 11.8 Å². The number of aromatic nitrogens is 1. The molecule has 3 aromatic rings. The van der Waals surface area contributed by atoms with E-state index in [4.69, 9.17) is 18.4 Å². The molecular weight excluding hydrogens is 551 g/mol. The molecule has 0 N–H and O–H groups in total. The highest BCUT2D eigenvalue weighted by atomic mass is 28.3. The van der Waals surface area contributed by atoms with Gasteiger partial charge in [0, 0.05) is 24.0 Å². The molecular formula is C33H46FN2O5Si. The summed E-state index contributed by atoms with van der Waals surface area (Å²) in [7, 11) is -1.04. The minimum atomic E-state index is -1.04. The van der Waals surface area contributed by atoms with Crippen molar-refractivity contribution in [3.05, 3.63) is 59.0 Å². The minimum Gasteiger partial charge on any atom is -0.489 e. The number of ether oxygens (including phenoxy) is 2. The lowest BCUT2D eigenvalue weighted by atomic mass is 9.82. The third-order valence-electron chi connectivity index (χ3n) is 7.51. The number of hydrogen-bond donors (Lipinski definition) is 0. The molecule has 0 bridgehead atoms. The second-order valence-corrected chi connectivity index (χ2v) is 15.7. The first-order chi connectivity index (χ1) is 19.7. The van der Waals surface area contributed by atoms with Gasteiger partial charge in [0.15, 0.2) is 5.58 Å². The van der Waals surface area contributed by atoms with Gasteiger partial charge in [-0.25, -0.2) is 9.18 Å². The molecule has 1 aliphatic heterocycles. The minimum absolute atomic E-state index is 0.199. The van der Waals surface area contributed by atoms with E-state index < -0.39 is 14.6 Å². The van der Waals surface area contributed by atoms with E-state index in [9.17, 15) is 9.18 Å². The molecule has 0 aliphatic carbocycles. The maximum absolute atomic E-state index is 13.4. The molecule has 1 atom stereocenters. The van der Waals surface area contributed by atoms with Crippen LogP contribution in [0.5, 0.6) is 5.75 Å². The number of nitrogens with zero attached hydrogens (tertiary/aromatic N) is 2. The third kappa shape index (κ3) is 8.34. The van der Waals surface area contributed by atoms with Gasteiger partial charge in [0.2, 0.25) is 9.04 Å². The monoisotopic (exact) mass is 597 g/mol. The van der Waals surface area contributed by atoms with Crippen LogP contribution in [0.2, 0.25) is 13.1 Å². The Hall–Kier alpha value is -2.91. The maximum atomic E-state index is 13.4. The van der Waals surface area contributed by atoms with Crippen molar-refractivity contribution in [3.8, 4) is 5.75 Å². The van der Waals surface area contributed by atoms with Crippen LogP contribution < -0.4 is 4.74 Å². The molecule has 42 heavy (non-hydrogen) atoms. The highest BCUT2D eigenvalue weighted by molar-refractivity contribution is 6.48. The number of carbonyl (C=O) groups excluding carboxylic acids is 1. The van der Waals surface area contributed by atoms with Crippen molar-refractivity contribution in [2.45, 2.75) is 98.6 Å². The van der Waals surface area contributed by atoms with E-state index in [2.05, 4.69) is 51.2 Å². The summed E-state index contributed by atoms with van der Waals surface area (Å²) in [5.74, 6) is 0.811. The number of piperidine rings is 1. The van der Waals surface area contributed by atoms with E-state index in [1.807, 2.05) is 25.7 Å². The van der Waals surface area contributed by atoms with E-state index in [1.165, 1.54) is 12.1 Å². The van der Waals surface area contributed by atoms with Gasteiger partial charge in [0.1, 0.15) is 23.8 Å². The van der Waals surface area contributed by atoms with E-state index >= 15 is 0 Å². The Kier molecular flexibility index (Phi) is 10.0. The van der Waals surface area contributed by atoms with Crippen molar-refractivity contribution in [3.63, 3.8) is 0 Å². The SMILES string of the molecule is C[Si](C)OC(c1c(COc2ccc(F)cc2)ccc2c(CCC3CCN(C(=O)OC(C)(C)C)CC3)noc12)C(C)(C)C. The summed E-state index contributed by atoms with van der Waals surface area (Å²) in [5, 5.41) is 5.55. The number of likely N-dealkylation sites (tertiary alicyclic amines) is 1. The zero-order valence-corrected chi connectivity index (χ0v) is 27.4. The van der Waals surface area contributed by atoms with E-state index in [0.29, 0.717) is 31.4 Å². The third-order valence-corrected chi connectivity index (χ3v) is 8.22. The van der Waals surface area contributed by atoms with Gasteiger partial charge in [0.25, 0.3) is 0 Å². The molecule has 0 spiro atoms. The first-order valence-corrected chi connectivity index (χ1v) is 17.3. The van der Waals surface area contributed by atoms with E-state index in [-0.39, 0.29) is 23.4 Å². The van der Waals surface area contributed by atoms with Gasteiger partial charge >= 0.3 is 6.09 Å². The van der Waals surface area contributed by atoms with Crippen molar-refractivity contribution >= 4 is 26.1 Å². The molecule has 4 rings (SSSR count). The van der Waals surface area contributed by atoms with Crippen molar-refractivity contribution in [2.24, 2.45) is 11.3 Å². The molecule has 1 saturated heterocycles. The molecule has 1 radical (unpaired) electrons. The van der Waals surface area contributed by atoms with Gasteiger partial charge < -0.3 is 23.3 Å². The number of amides is 1. The summed E-state index contributed by atoms with van der Waals surface area (Å²) in [4.78, 5) is 14.3. The smallest absolute Gasteiger partial charge is 0.410 e. The fourth-order valence-electron chi connectivity index (χ4n) is 5.38. The lowest BCUT2D eigenvalue weighted by molar-refractivity contribution is 0.0181. The summed E-state index contributed by atoms with van der Waals surface area (Å²) in [5.41, 5.74) is 2.94. The maximum Gasteiger partial charge on any atom is 0.410 e. The quantitative estimate of drug-likeness (QED) is 0.230. The predicted molar refractivity (Wildman–Crippen MR) is 164 cm³/mol. The fraction of sp³-hybridized carbons (Fsp3) is 0.576. The van der Waals surface area contributed by atoms with Crippen LogP contribution in [0.3, 0.4) is 0 Å². The Morgan fingerprint density at radius 1 is 1.07 bits per heavy atom. The molecule has 1 aromatic heterocycles. The van der Waals surface area contributed by atoms with Crippen molar-refractivity contribution in [1.82, 2.24) is 10.1 Å². The van der Waals surface area contributed by atoms with Crippen LogP contribution in [0.4, 0.5) is 9.18 Å². The lowest BCUT2D eigenvalue weighted by Gasteiger charge is -2.34. The van der Waals surface area contributed by atoms with Gasteiger partial charge in [-0.05, 0) is 107 Å². The summed E-state index contributed by atoms with van der Waals surface area (Å²) >= 11 is 0. The van der Waals surface area contributed by atoms with Gasteiger partial charge in [-0.3, -0.25) is 0 Å². The molecule has 1 aliphatic rings. The van der Waals surface area contributed by atoms with Crippen molar-refractivity contribution in [2.75, 3.05) is 13.1 Å². The topological polar surface area (TPSA) is 74.0 Å². The van der Waals surface area contributed by atoms with E-state index in [1.54, 1.807) is 12.1 Å². The van der Waals surface area contributed by atoms with Crippen LogP contribution in [0.1, 0.15) is 83.7 Å². The molecule has 2 aromatic carbocycles. The molecule has 229 valence electrons. The Morgan fingerprint density at radius 3 is 2.33 bits per heavy atom. The highest BCUT2D eigenvalue weighted by Gasteiger charge is 2.34. The summed E-state index contributed by atoms with van der Waals surface area (Å²) in [6, 6.07) is 10.2. The number of aryl methyl sites for hydroxylation is 1. The second-order valence-electron chi connectivity index (χ2n) is 13.6. The second kappa shape index (κ2) is 13.2. The van der Waals surface area contributed by atoms with Crippen LogP contribution in [0.15, 0.2) is 40.9 Å². The molecule has 1 fully saturated rings. The Bertz CT molecular complexity index is 1340. The molecule has 9 heteroatoms. The average Bonchev–Trinajstić information content (AvgIpc) is 3.32. The zero-order chi connectivity index (χ0) is 30.7. The van der Waals surface area contributed by atoms with Crippen LogP contribution >= 0.6 is 0 Å². The van der Waals surface area contributed by atoms with Crippen LogP contribution in [-0.2, 0) is 22.2 Å².